The Kier molecular flexibility index (Phi) is 3.98. The third-order valence-electron chi connectivity index (χ3n) is 4.10. The minimum absolute atomic E-state index is 0.0735. The maximum Gasteiger partial charge on any atom is 0.260 e. The van der Waals surface area contributed by atoms with Gasteiger partial charge >= 0.3 is 0 Å². The molecule has 1 aliphatic carbocycles. The summed E-state index contributed by atoms with van der Waals surface area (Å²) in [5.41, 5.74) is 5.89. The van der Waals surface area contributed by atoms with Gasteiger partial charge in [0.15, 0.2) is 0 Å². The second-order valence-electron chi connectivity index (χ2n) is 5.42. The Morgan fingerprint density at radius 2 is 1.48 bits per heavy atom. The van der Waals surface area contributed by atoms with Crippen molar-refractivity contribution in [2.24, 2.45) is 4.99 Å². The minimum Gasteiger partial charge on any atom is -0.268 e. The van der Waals surface area contributed by atoms with Gasteiger partial charge in [0.05, 0.1) is 0 Å². The van der Waals surface area contributed by atoms with Crippen LogP contribution in [0.4, 0.5) is 4.79 Å². The third-order valence-corrected chi connectivity index (χ3v) is 4.23. The fourth-order valence-corrected chi connectivity index (χ4v) is 3.42. The number of hydrogen-bond acceptors (Lipinski definition) is 1. The van der Waals surface area contributed by atoms with Crippen LogP contribution in [0.3, 0.4) is 0 Å². The normalized spacial score (nSPS) is 15.0. The molecular formula is C18H18NOP. The molecule has 1 aliphatic rings. The third kappa shape index (κ3) is 2.82. The Bertz CT molecular complexity index is 673. The van der Waals surface area contributed by atoms with E-state index in [1.807, 2.05) is 6.92 Å². The summed E-state index contributed by atoms with van der Waals surface area (Å²) in [6.45, 7) is 1.95. The minimum atomic E-state index is -0.216. The van der Waals surface area contributed by atoms with E-state index >= 15 is 0 Å². The number of aryl methyl sites for hydroxylation is 2. The van der Waals surface area contributed by atoms with Gasteiger partial charge in [-0.25, -0.2) is 4.99 Å². The van der Waals surface area contributed by atoms with E-state index in [1.54, 1.807) is 0 Å². The Balaban J connectivity index is 2.22. The molecule has 0 fully saturated rings. The second-order valence-corrected chi connectivity index (χ2v) is 5.92. The van der Waals surface area contributed by atoms with Gasteiger partial charge in [-0.1, -0.05) is 48.5 Å². The average Bonchev–Trinajstić information content (AvgIpc) is 2.63. The first-order valence-electron chi connectivity index (χ1n) is 7.17. The van der Waals surface area contributed by atoms with Crippen LogP contribution in [0.5, 0.6) is 0 Å². The fourth-order valence-electron chi connectivity index (χ4n) is 3.21. The molecule has 3 rings (SSSR count). The summed E-state index contributed by atoms with van der Waals surface area (Å²) in [5, 5.41) is 0. The Hall–Kier alpha value is -1.79. The van der Waals surface area contributed by atoms with Crippen molar-refractivity contribution in [1.29, 1.82) is 0 Å². The molecule has 2 aromatic carbocycles. The predicted molar refractivity (Wildman–Crippen MR) is 90.4 cm³/mol. The van der Waals surface area contributed by atoms with Crippen LogP contribution in [-0.4, -0.2) is 11.4 Å². The summed E-state index contributed by atoms with van der Waals surface area (Å²) >= 11 is 0. The first-order valence-corrected chi connectivity index (χ1v) is 7.75. The van der Waals surface area contributed by atoms with E-state index in [0.29, 0.717) is 0 Å². The Morgan fingerprint density at radius 1 is 1.00 bits per heavy atom. The standard InChI is InChI=1S/C18H18NOP/c1-12(19-18(20)21)17-15-8-4-2-6-13(15)10-11-14-7-3-5-9-16(14)17/h2-9,17H,10-11,21H2,1H3/b19-12+. The second kappa shape index (κ2) is 5.91. The number of amides is 1. The molecule has 0 radical (unpaired) electrons. The number of carbonyl (C=O) groups is 1. The van der Waals surface area contributed by atoms with Crippen molar-refractivity contribution >= 4 is 20.6 Å². The van der Waals surface area contributed by atoms with Crippen molar-refractivity contribution in [3.05, 3.63) is 70.8 Å². The molecule has 1 unspecified atom stereocenters. The van der Waals surface area contributed by atoms with E-state index in [0.717, 1.165) is 18.6 Å². The van der Waals surface area contributed by atoms with E-state index in [1.165, 1.54) is 22.3 Å². The Morgan fingerprint density at radius 3 is 1.95 bits per heavy atom. The van der Waals surface area contributed by atoms with Crippen LogP contribution in [0.1, 0.15) is 35.1 Å². The van der Waals surface area contributed by atoms with Gasteiger partial charge in [0, 0.05) is 11.6 Å². The zero-order valence-corrected chi connectivity index (χ0v) is 13.2. The maximum atomic E-state index is 11.4. The van der Waals surface area contributed by atoms with Crippen LogP contribution in [0.15, 0.2) is 53.5 Å². The molecule has 0 spiro atoms. The summed E-state index contributed by atoms with van der Waals surface area (Å²) in [7, 11) is 2.14. The SMILES string of the molecule is C/C(=N\C(=O)P)C1c2ccccc2CCc2ccccc21. The van der Waals surface area contributed by atoms with E-state index in [-0.39, 0.29) is 11.6 Å². The first-order chi connectivity index (χ1) is 10.2. The van der Waals surface area contributed by atoms with Crippen molar-refractivity contribution < 1.29 is 4.79 Å². The molecule has 3 heteroatoms. The van der Waals surface area contributed by atoms with Crippen LogP contribution >= 0.6 is 9.24 Å². The highest BCUT2D eigenvalue weighted by Crippen LogP contribution is 2.35. The first kappa shape index (κ1) is 14.2. The van der Waals surface area contributed by atoms with E-state index in [2.05, 4.69) is 62.8 Å². The van der Waals surface area contributed by atoms with Crippen molar-refractivity contribution in [3.8, 4) is 0 Å². The number of carbonyl (C=O) groups excluding carboxylic acids is 1. The summed E-state index contributed by atoms with van der Waals surface area (Å²) in [5.74, 6) is 0.0735. The lowest BCUT2D eigenvalue weighted by molar-refractivity contribution is 0.267. The number of benzene rings is 2. The summed E-state index contributed by atoms with van der Waals surface area (Å²) in [6, 6.07) is 17.0. The topological polar surface area (TPSA) is 29.4 Å². The molecule has 0 bridgehead atoms. The maximum absolute atomic E-state index is 11.4. The van der Waals surface area contributed by atoms with Crippen molar-refractivity contribution in [2.45, 2.75) is 25.7 Å². The molecule has 0 heterocycles. The number of fused-ring (bicyclic) bond motifs is 2. The zero-order chi connectivity index (χ0) is 14.8. The van der Waals surface area contributed by atoms with E-state index in [9.17, 15) is 4.79 Å². The zero-order valence-electron chi connectivity index (χ0n) is 12.0. The van der Waals surface area contributed by atoms with Gasteiger partial charge in [-0.05, 0) is 51.3 Å². The lowest BCUT2D eigenvalue weighted by Gasteiger charge is -2.20. The highest BCUT2D eigenvalue weighted by atomic mass is 31.0. The van der Waals surface area contributed by atoms with Gasteiger partial charge in [0.25, 0.3) is 5.65 Å². The van der Waals surface area contributed by atoms with Gasteiger partial charge in [-0.2, -0.15) is 0 Å². The van der Waals surface area contributed by atoms with Gasteiger partial charge < -0.3 is 0 Å². The molecule has 0 aliphatic heterocycles. The molecule has 0 aromatic heterocycles. The number of aliphatic imine (C=N–C) groups is 1. The fraction of sp³-hybridized carbons (Fsp3) is 0.222. The van der Waals surface area contributed by atoms with Crippen LogP contribution < -0.4 is 0 Å². The van der Waals surface area contributed by atoms with Crippen molar-refractivity contribution in [1.82, 2.24) is 0 Å². The number of rotatable bonds is 1. The van der Waals surface area contributed by atoms with E-state index in [4.69, 9.17) is 0 Å². The molecule has 2 nitrogen and oxygen atoms in total. The summed E-state index contributed by atoms with van der Waals surface area (Å²) in [6.07, 6.45) is 2.07. The molecule has 0 N–H and O–H groups in total. The van der Waals surface area contributed by atoms with Crippen molar-refractivity contribution in [3.63, 3.8) is 0 Å². The predicted octanol–water partition coefficient (Wildman–Crippen LogP) is 4.37. The van der Waals surface area contributed by atoms with Crippen molar-refractivity contribution in [2.75, 3.05) is 0 Å². The molecule has 0 saturated carbocycles. The highest BCUT2D eigenvalue weighted by Gasteiger charge is 2.25. The molecule has 21 heavy (non-hydrogen) atoms. The quantitative estimate of drug-likeness (QED) is 0.567. The number of nitrogens with zero attached hydrogens (tertiary/aromatic N) is 1. The van der Waals surface area contributed by atoms with Gasteiger partial charge in [-0.3, -0.25) is 4.79 Å². The molecule has 1 atom stereocenters. The highest BCUT2D eigenvalue weighted by molar-refractivity contribution is 7.40. The lowest BCUT2D eigenvalue weighted by atomic mass is 9.85. The van der Waals surface area contributed by atoms with Gasteiger partial charge in [-0.15, -0.1) is 0 Å². The van der Waals surface area contributed by atoms with E-state index < -0.39 is 0 Å². The van der Waals surface area contributed by atoms with Crippen LogP contribution in [0.2, 0.25) is 0 Å². The lowest BCUT2D eigenvalue weighted by Crippen LogP contribution is -2.13. The molecule has 106 valence electrons. The number of hydrogen-bond donors (Lipinski definition) is 0. The Labute approximate surface area is 127 Å². The van der Waals surface area contributed by atoms with Crippen LogP contribution in [-0.2, 0) is 12.8 Å². The summed E-state index contributed by atoms with van der Waals surface area (Å²) < 4.78 is 0. The smallest absolute Gasteiger partial charge is 0.260 e. The average molecular weight is 295 g/mol. The largest absolute Gasteiger partial charge is 0.268 e. The monoisotopic (exact) mass is 295 g/mol. The van der Waals surface area contributed by atoms with Crippen LogP contribution in [0.25, 0.3) is 0 Å². The molecule has 0 saturated heterocycles. The summed E-state index contributed by atoms with van der Waals surface area (Å²) in [4.78, 5) is 15.6. The van der Waals surface area contributed by atoms with Gasteiger partial charge in [0.2, 0.25) is 0 Å². The van der Waals surface area contributed by atoms with Crippen LogP contribution in [0, 0.1) is 0 Å². The van der Waals surface area contributed by atoms with Gasteiger partial charge in [0.1, 0.15) is 0 Å². The molecule has 1 amide bonds. The molecule has 2 aromatic rings. The molecular weight excluding hydrogens is 277 g/mol.